The third-order valence-electron chi connectivity index (χ3n) is 5.45. The van der Waals surface area contributed by atoms with Crippen LogP contribution in [0.4, 0.5) is 5.69 Å². The summed E-state index contributed by atoms with van der Waals surface area (Å²) >= 11 is 0. The zero-order valence-electron chi connectivity index (χ0n) is 18.9. The number of carbonyl (C=O) groups excluding carboxylic acids is 3. The lowest BCUT2D eigenvalue weighted by molar-refractivity contribution is -0.117. The standard InChI is InChI=1S/C25H29NO5/c1-17(28)11-12-20-15-26(16-27)22-13-21(14-23(29)24(22)25(20)30)31-18(2)7-6-10-19-8-4-3-5-9-19/h3-5,8-9,13-14,16,18,20,29H,6-7,10-12,15H2,1-2H3/i15D. The Labute approximate surface area is 184 Å². The summed E-state index contributed by atoms with van der Waals surface area (Å²) in [4.78, 5) is 37.2. The lowest BCUT2D eigenvalue weighted by atomic mass is 9.87. The number of ether oxygens (including phenoxy) is 1. The number of aryl methyl sites for hydroxylation is 1. The largest absolute Gasteiger partial charge is 0.507 e. The van der Waals surface area contributed by atoms with Crippen molar-refractivity contribution in [2.24, 2.45) is 5.92 Å². The van der Waals surface area contributed by atoms with Crippen molar-refractivity contribution in [3.8, 4) is 11.5 Å². The molecule has 0 spiro atoms. The van der Waals surface area contributed by atoms with Crippen LogP contribution in [-0.4, -0.2) is 35.7 Å². The summed E-state index contributed by atoms with van der Waals surface area (Å²) in [7, 11) is 0. The van der Waals surface area contributed by atoms with E-state index in [0.29, 0.717) is 12.2 Å². The zero-order chi connectivity index (χ0) is 23.3. The van der Waals surface area contributed by atoms with E-state index in [4.69, 9.17) is 6.11 Å². The van der Waals surface area contributed by atoms with Gasteiger partial charge in [0.15, 0.2) is 5.78 Å². The predicted molar refractivity (Wildman–Crippen MR) is 119 cm³/mol. The minimum Gasteiger partial charge on any atom is -0.507 e. The number of fused-ring (bicyclic) bond motifs is 1. The number of amides is 1. The summed E-state index contributed by atoms with van der Waals surface area (Å²) in [6.45, 7) is 2.18. The predicted octanol–water partition coefficient (Wildman–Crippen LogP) is 4.33. The number of Topliss-reactive ketones (excluding diaryl/α,β-unsaturated/α-hetero) is 2. The van der Waals surface area contributed by atoms with E-state index in [1.807, 2.05) is 25.1 Å². The van der Waals surface area contributed by atoms with Gasteiger partial charge in [-0.1, -0.05) is 30.3 Å². The van der Waals surface area contributed by atoms with Crippen LogP contribution >= 0.6 is 0 Å². The van der Waals surface area contributed by atoms with Gasteiger partial charge in [-0.2, -0.15) is 0 Å². The first-order valence-electron chi connectivity index (χ1n) is 11.2. The summed E-state index contributed by atoms with van der Waals surface area (Å²) in [6.07, 6.45) is 3.27. The fourth-order valence-electron chi connectivity index (χ4n) is 3.82. The second-order valence-corrected chi connectivity index (χ2v) is 8.02. The van der Waals surface area contributed by atoms with E-state index in [-0.39, 0.29) is 41.7 Å². The molecule has 31 heavy (non-hydrogen) atoms. The molecule has 0 radical (unpaired) electrons. The van der Waals surface area contributed by atoms with Gasteiger partial charge in [0.05, 0.1) is 18.7 Å². The average Bonchev–Trinajstić information content (AvgIpc) is 2.74. The van der Waals surface area contributed by atoms with Crippen molar-refractivity contribution in [1.82, 2.24) is 0 Å². The van der Waals surface area contributed by atoms with Crippen molar-refractivity contribution in [3.63, 3.8) is 0 Å². The van der Waals surface area contributed by atoms with Crippen LogP contribution in [0, 0.1) is 5.92 Å². The van der Waals surface area contributed by atoms with Gasteiger partial charge >= 0.3 is 0 Å². The van der Waals surface area contributed by atoms with E-state index < -0.39 is 18.2 Å². The van der Waals surface area contributed by atoms with Gasteiger partial charge in [-0.05, 0) is 45.1 Å². The number of ketones is 2. The number of rotatable bonds is 10. The van der Waals surface area contributed by atoms with Crippen LogP contribution in [0.15, 0.2) is 42.5 Å². The molecule has 0 fully saturated rings. The number of hydrogen-bond acceptors (Lipinski definition) is 5. The highest BCUT2D eigenvalue weighted by molar-refractivity contribution is 6.09. The number of anilines is 1. The number of carbonyl (C=O) groups is 3. The third kappa shape index (κ3) is 5.72. The van der Waals surface area contributed by atoms with E-state index in [1.54, 1.807) is 0 Å². The Hall–Kier alpha value is -3.15. The van der Waals surface area contributed by atoms with Crippen LogP contribution in [0.5, 0.6) is 11.5 Å². The fraction of sp³-hybridized carbons (Fsp3) is 0.400. The second kappa shape index (κ2) is 10.2. The number of nitrogens with zero attached hydrogens (tertiary/aromatic N) is 1. The van der Waals surface area contributed by atoms with Crippen molar-refractivity contribution in [3.05, 3.63) is 53.6 Å². The van der Waals surface area contributed by atoms with E-state index in [9.17, 15) is 19.5 Å². The van der Waals surface area contributed by atoms with Crippen molar-refractivity contribution >= 4 is 23.7 Å². The molecule has 0 aromatic heterocycles. The van der Waals surface area contributed by atoms with Gasteiger partial charge in [0.2, 0.25) is 6.41 Å². The molecular weight excluding hydrogens is 394 g/mol. The van der Waals surface area contributed by atoms with Crippen molar-refractivity contribution < 1.29 is 25.6 Å². The van der Waals surface area contributed by atoms with Crippen molar-refractivity contribution in [2.45, 2.75) is 52.1 Å². The quantitative estimate of drug-likeness (QED) is 0.574. The molecule has 0 saturated heterocycles. The van der Waals surface area contributed by atoms with Gasteiger partial charge in [-0.15, -0.1) is 0 Å². The van der Waals surface area contributed by atoms with Gasteiger partial charge < -0.3 is 19.5 Å². The highest BCUT2D eigenvalue weighted by Crippen LogP contribution is 2.40. The maximum atomic E-state index is 13.0. The molecule has 1 N–H and O–H groups in total. The van der Waals surface area contributed by atoms with Gasteiger partial charge in [0.25, 0.3) is 0 Å². The molecular formula is C25H29NO5. The summed E-state index contributed by atoms with van der Waals surface area (Å²) in [6, 6.07) is 13.1. The van der Waals surface area contributed by atoms with E-state index in [2.05, 4.69) is 12.1 Å². The number of phenolic OH excluding ortho intramolecular Hbond substituents is 1. The van der Waals surface area contributed by atoms with Crippen LogP contribution in [0.25, 0.3) is 0 Å². The number of aromatic hydroxyl groups is 1. The summed E-state index contributed by atoms with van der Waals surface area (Å²) in [5.74, 6) is -1.35. The van der Waals surface area contributed by atoms with Crippen LogP contribution in [0.3, 0.4) is 0 Å². The number of phenols is 1. The highest BCUT2D eigenvalue weighted by Gasteiger charge is 2.34. The third-order valence-corrected chi connectivity index (χ3v) is 5.45. The topological polar surface area (TPSA) is 83.9 Å². The first-order chi connectivity index (χ1) is 15.3. The average molecular weight is 425 g/mol. The SMILES string of the molecule is [2H]C1C(CCC(C)=O)C(=O)c2c(O)cc(OC(C)CCCc3ccccc3)cc2N1C=O. The molecule has 0 saturated carbocycles. The molecule has 1 aliphatic heterocycles. The van der Waals surface area contributed by atoms with Gasteiger partial charge in [0, 0.05) is 31.0 Å². The van der Waals surface area contributed by atoms with Crippen LogP contribution in [0.1, 0.15) is 56.8 Å². The molecule has 1 amide bonds. The van der Waals surface area contributed by atoms with Crippen LogP contribution < -0.4 is 9.64 Å². The smallest absolute Gasteiger partial charge is 0.214 e. The van der Waals surface area contributed by atoms with Crippen LogP contribution in [-0.2, 0) is 16.0 Å². The Bertz CT molecular complexity index is 978. The molecule has 1 aliphatic rings. The Morgan fingerprint density at radius 3 is 2.77 bits per heavy atom. The molecule has 6 heteroatoms. The molecule has 2 aromatic rings. The maximum Gasteiger partial charge on any atom is 0.214 e. The van der Waals surface area contributed by atoms with E-state index in [0.717, 1.165) is 24.2 Å². The lowest BCUT2D eigenvalue weighted by Crippen LogP contribution is -2.38. The first kappa shape index (κ1) is 21.1. The Kier molecular flexibility index (Phi) is 6.97. The molecule has 164 valence electrons. The number of hydrogen-bond donors (Lipinski definition) is 1. The lowest BCUT2D eigenvalue weighted by Gasteiger charge is -2.32. The normalized spacial score (nSPS) is 19.4. The molecule has 6 nitrogen and oxygen atoms in total. The second-order valence-electron chi connectivity index (χ2n) is 8.02. The molecule has 0 bridgehead atoms. The van der Waals surface area contributed by atoms with Gasteiger partial charge in [0.1, 0.15) is 17.3 Å². The summed E-state index contributed by atoms with van der Waals surface area (Å²) in [5, 5.41) is 10.6. The summed E-state index contributed by atoms with van der Waals surface area (Å²) < 4.78 is 14.3. The fourth-order valence-corrected chi connectivity index (χ4v) is 3.82. The Balaban J connectivity index is 1.73. The van der Waals surface area contributed by atoms with E-state index in [1.165, 1.54) is 24.6 Å². The Morgan fingerprint density at radius 1 is 1.35 bits per heavy atom. The van der Waals surface area contributed by atoms with Crippen LogP contribution in [0.2, 0.25) is 0 Å². The zero-order valence-corrected chi connectivity index (χ0v) is 17.9. The van der Waals surface area contributed by atoms with Gasteiger partial charge in [-0.3, -0.25) is 9.59 Å². The minimum atomic E-state index is -1.16. The molecule has 3 rings (SSSR count). The maximum absolute atomic E-state index is 13.0. The van der Waals surface area contributed by atoms with Crippen molar-refractivity contribution in [2.75, 3.05) is 11.4 Å². The first-order valence-corrected chi connectivity index (χ1v) is 10.6. The monoisotopic (exact) mass is 424 g/mol. The van der Waals surface area contributed by atoms with Gasteiger partial charge in [-0.25, -0.2) is 0 Å². The molecule has 0 aliphatic carbocycles. The number of benzene rings is 2. The molecule has 1 heterocycles. The summed E-state index contributed by atoms with van der Waals surface area (Å²) in [5.41, 5.74) is 1.42. The molecule has 2 aromatic carbocycles. The molecule has 3 atom stereocenters. The van der Waals surface area contributed by atoms with Crippen molar-refractivity contribution in [1.29, 1.82) is 0 Å². The highest BCUT2D eigenvalue weighted by atomic mass is 16.5. The minimum absolute atomic E-state index is 0.00164. The molecule has 3 unspecified atom stereocenters. The van der Waals surface area contributed by atoms with E-state index >= 15 is 0 Å². The Morgan fingerprint density at radius 2 is 2.10 bits per heavy atom.